The summed E-state index contributed by atoms with van der Waals surface area (Å²) in [5, 5.41) is 3.41. The van der Waals surface area contributed by atoms with E-state index in [1.807, 2.05) is 0 Å². The van der Waals surface area contributed by atoms with Crippen LogP contribution in [0.5, 0.6) is 0 Å². The molecule has 3 nitrogen and oxygen atoms in total. The first-order valence-electron chi connectivity index (χ1n) is 7.39. The third-order valence-corrected chi connectivity index (χ3v) is 4.70. The Bertz CT molecular complexity index is 206. The van der Waals surface area contributed by atoms with Gasteiger partial charge in [0.25, 0.3) is 0 Å². The van der Waals surface area contributed by atoms with Gasteiger partial charge < -0.3 is 15.1 Å². The maximum atomic E-state index is 3.41. The Balaban J connectivity index is 1.64. The predicted molar refractivity (Wildman–Crippen MR) is 73.4 cm³/mol. The van der Waals surface area contributed by atoms with Crippen LogP contribution >= 0.6 is 0 Å². The fourth-order valence-electron chi connectivity index (χ4n) is 3.29. The van der Waals surface area contributed by atoms with E-state index < -0.39 is 0 Å². The van der Waals surface area contributed by atoms with Crippen LogP contribution in [0.3, 0.4) is 0 Å². The lowest BCUT2D eigenvalue weighted by atomic mass is 9.90. The number of nitrogens with zero attached hydrogens (tertiary/aromatic N) is 2. The monoisotopic (exact) mass is 239 g/mol. The highest BCUT2D eigenvalue weighted by Gasteiger charge is 2.23. The zero-order chi connectivity index (χ0) is 12.1. The van der Waals surface area contributed by atoms with E-state index in [1.165, 1.54) is 64.7 Å². The van der Waals surface area contributed by atoms with Crippen molar-refractivity contribution in [2.75, 3.05) is 40.3 Å². The molecule has 3 heteroatoms. The quantitative estimate of drug-likeness (QED) is 0.785. The molecular weight excluding hydrogens is 210 g/mol. The Labute approximate surface area is 107 Å². The minimum absolute atomic E-state index is 0.776. The molecule has 0 aromatic carbocycles. The highest BCUT2D eigenvalue weighted by Crippen LogP contribution is 2.22. The van der Waals surface area contributed by atoms with E-state index in [2.05, 4.69) is 29.2 Å². The molecule has 0 spiro atoms. The Morgan fingerprint density at radius 1 is 1.12 bits per heavy atom. The van der Waals surface area contributed by atoms with Gasteiger partial charge in [-0.1, -0.05) is 0 Å². The van der Waals surface area contributed by atoms with Crippen molar-refractivity contribution in [2.45, 2.75) is 50.6 Å². The average Bonchev–Trinajstić information content (AvgIpc) is 2.89. The summed E-state index contributed by atoms with van der Waals surface area (Å²) in [5.74, 6) is 0. The van der Waals surface area contributed by atoms with Crippen LogP contribution < -0.4 is 5.32 Å². The lowest BCUT2D eigenvalue weighted by molar-refractivity contribution is 0.158. The van der Waals surface area contributed by atoms with Crippen LogP contribution in [0.1, 0.15) is 38.5 Å². The van der Waals surface area contributed by atoms with Gasteiger partial charge in [0.2, 0.25) is 0 Å². The lowest BCUT2D eigenvalue weighted by Gasteiger charge is -2.35. The van der Waals surface area contributed by atoms with Gasteiger partial charge in [-0.05, 0) is 65.7 Å². The van der Waals surface area contributed by atoms with Gasteiger partial charge >= 0.3 is 0 Å². The van der Waals surface area contributed by atoms with Crippen molar-refractivity contribution in [1.82, 2.24) is 15.1 Å². The molecule has 0 atom stereocenters. The maximum absolute atomic E-state index is 3.41. The van der Waals surface area contributed by atoms with E-state index >= 15 is 0 Å². The smallest absolute Gasteiger partial charge is 0.0109 e. The van der Waals surface area contributed by atoms with E-state index in [9.17, 15) is 0 Å². The van der Waals surface area contributed by atoms with E-state index in [-0.39, 0.29) is 0 Å². The van der Waals surface area contributed by atoms with Crippen molar-refractivity contribution < 1.29 is 0 Å². The number of nitrogens with one attached hydrogen (secondary N) is 1. The molecule has 2 fully saturated rings. The fraction of sp³-hybridized carbons (Fsp3) is 1.00. The molecule has 0 amide bonds. The molecule has 1 N–H and O–H groups in total. The van der Waals surface area contributed by atoms with Gasteiger partial charge in [0, 0.05) is 25.2 Å². The first-order chi connectivity index (χ1) is 8.29. The summed E-state index contributed by atoms with van der Waals surface area (Å²) >= 11 is 0. The number of rotatable bonds is 5. The second kappa shape index (κ2) is 6.72. The van der Waals surface area contributed by atoms with Crippen LogP contribution in [0, 0.1) is 0 Å². The molecule has 1 aliphatic heterocycles. The van der Waals surface area contributed by atoms with Crippen molar-refractivity contribution in [2.24, 2.45) is 0 Å². The van der Waals surface area contributed by atoms with Crippen LogP contribution in [0.15, 0.2) is 0 Å². The van der Waals surface area contributed by atoms with E-state index in [0.29, 0.717) is 0 Å². The van der Waals surface area contributed by atoms with Gasteiger partial charge in [0.15, 0.2) is 0 Å². The minimum atomic E-state index is 0.776. The zero-order valence-corrected chi connectivity index (χ0v) is 11.6. The van der Waals surface area contributed by atoms with E-state index in [0.717, 1.165) is 12.1 Å². The topological polar surface area (TPSA) is 18.5 Å². The highest BCUT2D eigenvalue weighted by atomic mass is 15.2. The molecule has 0 bridgehead atoms. The first-order valence-corrected chi connectivity index (χ1v) is 7.39. The summed E-state index contributed by atoms with van der Waals surface area (Å²) in [6.07, 6.45) is 8.29. The molecule has 1 aliphatic carbocycles. The Kier molecular flexibility index (Phi) is 5.26. The SMILES string of the molecule is CNC1CCC(N(C)CCN2CCCC2)CC1. The summed E-state index contributed by atoms with van der Waals surface area (Å²) in [6.45, 7) is 5.21. The average molecular weight is 239 g/mol. The van der Waals surface area contributed by atoms with Crippen LogP contribution in [0.4, 0.5) is 0 Å². The highest BCUT2D eigenvalue weighted by molar-refractivity contribution is 4.81. The van der Waals surface area contributed by atoms with Crippen molar-refractivity contribution in [3.63, 3.8) is 0 Å². The van der Waals surface area contributed by atoms with Crippen molar-refractivity contribution in [3.8, 4) is 0 Å². The van der Waals surface area contributed by atoms with Crippen LogP contribution in [-0.2, 0) is 0 Å². The molecule has 100 valence electrons. The molecular formula is C14H29N3. The third-order valence-electron chi connectivity index (χ3n) is 4.70. The molecule has 2 aliphatic rings. The van der Waals surface area contributed by atoms with Gasteiger partial charge in [0.05, 0.1) is 0 Å². The molecule has 1 heterocycles. The van der Waals surface area contributed by atoms with Crippen molar-refractivity contribution >= 4 is 0 Å². The summed E-state index contributed by atoms with van der Waals surface area (Å²) < 4.78 is 0. The summed E-state index contributed by atoms with van der Waals surface area (Å²) in [5.41, 5.74) is 0. The van der Waals surface area contributed by atoms with Crippen molar-refractivity contribution in [1.29, 1.82) is 0 Å². The molecule has 1 saturated heterocycles. The zero-order valence-electron chi connectivity index (χ0n) is 11.6. The largest absolute Gasteiger partial charge is 0.317 e. The second-order valence-electron chi connectivity index (χ2n) is 5.82. The number of likely N-dealkylation sites (tertiary alicyclic amines) is 1. The molecule has 17 heavy (non-hydrogen) atoms. The van der Waals surface area contributed by atoms with Crippen molar-refractivity contribution in [3.05, 3.63) is 0 Å². The normalized spacial score (nSPS) is 31.2. The van der Waals surface area contributed by atoms with Crippen LogP contribution in [0.2, 0.25) is 0 Å². The Hall–Kier alpha value is -0.120. The molecule has 0 aromatic heterocycles. The van der Waals surface area contributed by atoms with Crippen LogP contribution in [-0.4, -0.2) is 62.2 Å². The Morgan fingerprint density at radius 3 is 2.35 bits per heavy atom. The number of hydrogen-bond acceptors (Lipinski definition) is 3. The number of likely N-dealkylation sites (N-methyl/N-ethyl adjacent to an activating group) is 1. The summed E-state index contributed by atoms with van der Waals surface area (Å²) in [6, 6.07) is 1.61. The molecule has 1 saturated carbocycles. The number of hydrogen-bond donors (Lipinski definition) is 1. The summed E-state index contributed by atoms with van der Waals surface area (Å²) in [7, 11) is 4.42. The maximum Gasteiger partial charge on any atom is 0.0109 e. The first kappa shape index (κ1) is 13.3. The van der Waals surface area contributed by atoms with E-state index in [4.69, 9.17) is 0 Å². The van der Waals surface area contributed by atoms with Gasteiger partial charge in [-0.15, -0.1) is 0 Å². The molecule has 0 aromatic rings. The standard InChI is InChI=1S/C14H29N3/c1-15-13-5-7-14(8-6-13)16(2)11-12-17-9-3-4-10-17/h13-15H,3-12H2,1-2H3. The fourth-order valence-corrected chi connectivity index (χ4v) is 3.29. The van der Waals surface area contributed by atoms with Crippen LogP contribution in [0.25, 0.3) is 0 Å². The van der Waals surface area contributed by atoms with Gasteiger partial charge in [-0.3, -0.25) is 0 Å². The Morgan fingerprint density at radius 2 is 1.76 bits per heavy atom. The van der Waals surface area contributed by atoms with Gasteiger partial charge in [-0.25, -0.2) is 0 Å². The minimum Gasteiger partial charge on any atom is -0.317 e. The summed E-state index contributed by atoms with van der Waals surface area (Å²) in [4.78, 5) is 5.22. The molecule has 2 rings (SSSR count). The van der Waals surface area contributed by atoms with Gasteiger partial charge in [-0.2, -0.15) is 0 Å². The lowest BCUT2D eigenvalue weighted by Crippen LogP contribution is -2.42. The van der Waals surface area contributed by atoms with Gasteiger partial charge in [0.1, 0.15) is 0 Å². The molecule has 0 unspecified atom stereocenters. The van der Waals surface area contributed by atoms with E-state index in [1.54, 1.807) is 0 Å². The molecule has 0 radical (unpaired) electrons. The second-order valence-corrected chi connectivity index (χ2v) is 5.82. The third kappa shape index (κ3) is 3.94. The predicted octanol–water partition coefficient (Wildman–Crippen LogP) is 1.54.